The Hall–Kier alpha value is -0.690. The van der Waals surface area contributed by atoms with E-state index in [1.807, 2.05) is 10.9 Å². The molecule has 5 nitrogen and oxygen atoms in total. The van der Waals surface area contributed by atoms with Gasteiger partial charge in [-0.25, -0.2) is 9.99 Å². The molecule has 1 amide bonds. The first-order valence-corrected chi connectivity index (χ1v) is 6.60. The predicted octanol–water partition coefficient (Wildman–Crippen LogP) is 1.34. The monoisotopic (exact) mass is 322 g/mol. The van der Waals surface area contributed by atoms with Crippen molar-refractivity contribution in [1.82, 2.24) is 15.3 Å². The van der Waals surface area contributed by atoms with Gasteiger partial charge in [0, 0.05) is 38.4 Å². The molecule has 0 saturated carbocycles. The van der Waals surface area contributed by atoms with Crippen molar-refractivity contribution in [3.05, 3.63) is 16.6 Å². The van der Waals surface area contributed by atoms with Gasteiger partial charge in [-0.3, -0.25) is 4.79 Å². The van der Waals surface area contributed by atoms with Crippen LogP contribution in [0.5, 0.6) is 0 Å². The van der Waals surface area contributed by atoms with Gasteiger partial charge < -0.3 is 5.32 Å². The van der Waals surface area contributed by atoms with Gasteiger partial charge in [0.1, 0.15) is 5.41 Å². The lowest BCUT2D eigenvalue weighted by molar-refractivity contribution is -0.135. The summed E-state index contributed by atoms with van der Waals surface area (Å²) in [5.74, 6) is 0.0905. The number of hydrogen-bond donors (Lipinski definition) is 1. The zero-order valence-corrected chi connectivity index (χ0v) is 12.9. The molecule has 1 saturated heterocycles. The van der Waals surface area contributed by atoms with Crippen LogP contribution in [0, 0.1) is 5.41 Å². The van der Waals surface area contributed by atoms with E-state index >= 15 is 0 Å². The molecule has 8 heteroatoms. The third-order valence-electron chi connectivity index (χ3n) is 3.46. The Bertz CT molecular complexity index is 479. The number of carbonyl (C=O) groups is 1. The van der Waals surface area contributed by atoms with Crippen molar-refractivity contribution in [2.24, 2.45) is 10.5 Å². The number of nitrogens with zero attached hydrogens (tertiary/aromatic N) is 3. The number of rotatable bonds is 2. The molecule has 1 fully saturated rings. The quantitative estimate of drug-likeness (QED) is 0.893. The van der Waals surface area contributed by atoms with Gasteiger partial charge in [-0.05, 0) is 0 Å². The van der Waals surface area contributed by atoms with E-state index in [-0.39, 0.29) is 30.7 Å². The topological polar surface area (TPSA) is 57.6 Å². The van der Waals surface area contributed by atoms with Gasteiger partial charge in [0.25, 0.3) is 5.91 Å². The number of aromatic nitrogens is 1. The minimum atomic E-state index is -0.485. The van der Waals surface area contributed by atoms with E-state index in [0.717, 1.165) is 24.4 Å². The van der Waals surface area contributed by atoms with E-state index in [9.17, 15) is 4.79 Å². The number of fused-ring (bicyclic) bond motifs is 1. The van der Waals surface area contributed by atoms with Gasteiger partial charge in [-0.1, -0.05) is 0 Å². The Morgan fingerprint density at radius 1 is 1.53 bits per heavy atom. The number of thiazole rings is 1. The van der Waals surface area contributed by atoms with Gasteiger partial charge in [-0.15, -0.1) is 36.2 Å². The zero-order chi connectivity index (χ0) is 11.9. The van der Waals surface area contributed by atoms with Crippen molar-refractivity contribution in [2.45, 2.75) is 12.8 Å². The van der Waals surface area contributed by atoms with Crippen molar-refractivity contribution in [1.29, 1.82) is 0 Å². The van der Waals surface area contributed by atoms with E-state index in [0.29, 0.717) is 13.0 Å². The fraction of sp³-hybridized carbons (Fsp3) is 0.545. The normalized spacial score (nSPS) is 25.2. The molecule has 3 heterocycles. The molecule has 1 aromatic heterocycles. The van der Waals surface area contributed by atoms with E-state index in [1.54, 1.807) is 18.4 Å². The molecule has 0 bridgehead atoms. The summed E-state index contributed by atoms with van der Waals surface area (Å²) in [6.45, 7) is 1.57. The van der Waals surface area contributed by atoms with E-state index in [1.165, 1.54) is 5.01 Å². The first-order valence-electron chi connectivity index (χ1n) is 5.66. The van der Waals surface area contributed by atoms with Crippen LogP contribution >= 0.6 is 36.2 Å². The largest absolute Gasteiger partial charge is 0.315 e. The maximum atomic E-state index is 12.3. The molecule has 1 atom stereocenters. The SMILES string of the molecule is CN1N=C2CCNCC2(Cc2cscn2)C1=O.Cl.Cl. The van der Waals surface area contributed by atoms with E-state index in [2.05, 4.69) is 15.4 Å². The number of hydrogen-bond acceptors (Lipinski definition) is 5. The van der Waals surface area contributed by atoms with Crippen molar-refractivity contribution in [2.75, 3.05) is 20.1 Å². The second kappa shape index (κ2) is 6.17. The highest BCUT2D eigenvalue weighted by molar-refractivity contribution is 7.07. The maximum absolute atomic E-state index is 12.3. The molecule has 0 spiro atoms. The highest BCUT2D eigenvalue weighted by Crippen LogP contribution is 2.35. The van der Waals surface area contributed by atoms with Gasteiger partial charge >= 0.3 is 0 Å². The number of amides is 1. The Labute approximate surface area is 128 Å². The van der Waals surface area contributed by atoms with Crippen LogP contribution in [0.25, 0.3) is 0 Å². The summed E-state index contributed by atoms with van der Waals surface area (Å²) in [6, 6.07) is 0. The highest BCUT2D eigenvalue weighted by atomic mass is 35.5. The van der Waals surface area contributed by atoms with E-state index < -0.39 is 5.41 Å². The fourth-order valence-corrected chi connectivity index (χ4v) is 3.16. The van der Waals surface area contributed by atoms with Crippen molar-refractivity contribution in [3.8, 4) is 0 Å². The Morgan fingerprint density at radius 2 is 2.32 bits per heavy atom. The fourth-order valence-electron chi connectivity index (χ4n) is 2.61. The van der Waals surface area contributed by atoms with Crippen LogP contribution in [0.15, 0.2) is 16.0 Å². The second-order valence-corrected chi connectivity index (χ2v) is 5.26. The number of halogens is 2. The van der Waals surface area contributed by atoms with Crippen LogP contribution in [0.3, 0.4) is 0 Å². The molecule has 2 aliphatic heterocycles. The first kappa shape index (κ1) is 16.4. The van der Waals surface area contributed by atoms with Crippen molar-refractivity contribution >= 4 is 47.8 Å². The Kier molecular flexibility index (Phi) is 5.32. The smallest absolute Gasteiger partial charge is 0.256 e. The molecule has 0 aliphatic carbocycles. The predicted molar refractivity (Wildman–Crippen MR) is 80.4 cm³/mol. The molecular formula is C11H16Cl2N4OS. The van der Waals surface area contributed by atoms with Gasteiger partial charge in [-0.2, -0.15) is 5.10 Å². The molecule has 3 rings (SSSR count). The van der Waals surface area contributed by atoms with E-state index in [4.69, 9.17) is 0 Å². The minimum absolute atomic E-state index is 0. The molecule has 0 radical (unpaired) electrons. The number of piperidine rings is 1. The summed E-state index contributed by atoms with van der Waals surface area (Å²) in [7, 11) is 1.73. The van der Waals surface area contributed by atoms with Gasteiger partial charge in [0.2, 0.25) is 0 Å². The highest BCUT2D eigenvalue weighted by Gasteiger charge is 2.51. The summed E-state index contributed by atoms with van der Waals surface area (Å²) in [6.07, 6.45) is 1.51. The first-order chi connectivity index (χ1) is 8.22. The maximum Gasteiger partial charge on any atom is 0.256 e. The minimum Gasteiger partial charge on any atom is -0.315 e. The van der Waals surface area contributed by atoms with Crippen LogP contribution in [-0.4, -0.2) is 41.7 Å². The molecular weight excluding hydrogens is 307 g/mol. The van der Waals surface area contributed by atoms with Crippen LogP contribution in [-0.2, 0) is 11.2 Å². The average molecular weight is 323 g/mol. The molecule has 1 unspecified atom stereocenters. The molecule has 19 heavy (non-hydrogen) atoms. The summed E-state index contributed by atoms with van der Waals surface area (Å²) in [5, 5.41) is 11.2. The molecule has 1 aromatic rings. The van der Waals surface area contributed by atoms with Crippen LogP contribution in [0.1, 0.15) is 12.1 Å². The number of carbonyl (C=O) groups excluding carboxylic acids is 1. The third kappa shape index (κ3) is 2.63. The molecule has 1 N–H and O–H groups in total. The Morgan fingerprint density at radius 3 is 3.00 bits per heavy atom. The Balaban J connectivity index is 0.000000902. The van der Waals surface area contributed by atoms with Crippen LogP contribution < -0.4 is 5.32 Å². The summed E-state index contributed by atoms with van der Waals surface area (Å²) in [5.41, 5.74) is 3.32. The molecule has 106 valence electrons. The number of nitrogens with one attached hydrogen (secondary N) is 1. The molecule has 2 aliphatic rings. The van der Waals surface area contributed by atoms with Crippen LogP contribution in [0.4, 0.5) is 0 Å². The second-order valence-electron chi connectivity index (χ2n) is 4.54. The third-order valence-corrected chi connectivity index (χ3v) is 4.09. The average Bonchev–Trinajstić information content (AvgIpc) is 2.90. The zero-order valence-electron chi connectivity index (χ0n) is 10.5. The number of hydrazone groups is 1. The summed E-state index contributed by atoms with van der Waals surface area (Å²) >= 11 is 1.56. The lowest BCUT2D eigenvalue weighted by Crippen LogP contribution is -2.52. The van der Waals surface area contributed by atoms with Gasteiger partial charge in [0.15, 0.2) is 0 Å². The van der Waals surface area contributed by atoms with Crippen molar-refractivity contribution < 1.29 is 4.79 Å². The van der Waals surface area contributed by atoms with Crippen LogP contribution in [0.2, 0.25) is 0 Å². The van der Waals surface area contributed by atoms with Gasteiger partial charge in [0.05, 0.1) is 16.9 Å². The lowest BCUT2D eigenvalue weighted by atomic mass is 9.75. The van der Waals surface area contributed by atoms with Crippen molar-refractivity contribution in [3.63, 3.8) is 0 Å². The molecule has 0 aromatic carbocycles. The standard InChI is InChI=1S/C11H14N4OS.2ClH/c1-15-10(16)11(4-8-5-17-7-13-8)6-12-3-2-9(11)14-15;;/h5,7,12H,2-4,6H2,1H3;2*1H. The summed E-state index contributed by atoms with van der Waals surface area (Å²) < 4.78 is 0. The lowest BCUT2D eigenvalue weighted by Gasteiger charge is -2.32. The summed E-state index contributed by atoms with van der Waals surface area (Å²) in [4.78, 5) is 16.6.